The summed E-state index contributed by atoms with van der Waals surface area (Å²) in [5, 5.41) is 6.55. The molecule has 0 radical (unpaired) electrons. The van der Waals surface area contributed by atoms with Gasteiger partial charge in [0.05, 0.1) is 17.8 Å². The third kappa shape index (κ3) is 4.35. The molecular weight excluding hydrogens is 448 g/mol. The first kappa shape index (κ1) is 23.3. The molecule has 0 atom stereocenters. The van der Waals surface area contributed by atoms with Crippen molar-refractivity contribution >= 4 is 35.2 Å². The summed E-state index contributed by atoms with van der Waals surface area (Å²) < 4.78 is 11.5. The predicted octanol–water partition coefficient (Wildman–Crippen LogP) is 6.75. The average Bonchev–Trinajstić information content (AvgIpc) is 2.88. The van der Waals surface area contributed by atoms with Crippen LogP contribution in [0, 0.1) is 0 Å². The van der Waals surface area contributed by atoms with Crippen molar-refractivity contribution in [3.05, 3.63) is 106 Å². The molecule has 6 heteroatoms. The van der Waals surface area contributed by atoms with E-state index >= 15 is 0 Å². The summed E-state index contributed by atoms with van der Waals surface area (Å²) in [6, 6.07) is 23.6. The molecule has 172 valence electrons. The Balaban J connectivity index is 2.02. The monoisotopic (exact) mass is 472 g/mol. The molecule has 0 bridgehead atoms. The molecule has 0 amide bonds. The Bertz CT molecular complexity index is 1280. The van der Waals surface area contributed by atoms with Crippen LogP contribution in [0.2, 0.25) is 5.02 Å². The number of carbonyl (C=O) groups excluding carboxylic acids is 1. The zero-order valence-electron chi connectivity index (χ0n) is 19.3. The molecule has 0 N–H and O–H groups in total. The molecule has 4 rings (SSSR count). The molecular formula is C28H25ClN2O3. The number of nitrogens with zero attached hydrogens (tertiary/aromatic N) is 2. The smallest absolute Gasteiger partial charge is 0.360 e. The number of rotatable bonds is 6. The van der Waals surface area contributed by atoms with Crippen molar-refractivity contribution in [3.63, 3.8) is 0 Å². The number of fused-ring (bicyclic) bond motifs is 1. The number of methoxy groups -OCH3 is 1. The van der Waals surface area contributed by atoms with E-state index in [1.165, 1.54) is 7.11 Å². The SMILES string of the molecule is C/C=N\N1C(C(=O)OC)=C(OCc2ccccc2)c2c(Cl)ccc(-c3ccccc3)c2/C1=C\C. The van der Waals surface area contributed by atoms with Gasteiger partial charge in [-0.2, -0.15) is 5.10 Å². The molecule has 0 unspecified atom stereocenters. The minimum Gasteiger partial charge on any atom is -0.486 e. The first-order valence-electron chi connectivity index (χ1n) is 10.9. The van der Waals surface area contributed by atoms with Crippen LogP contribution in [0.15, 0.2) is 89.7 Å². The molecule has 0 aliphatic carbocycles. The Morgan fingerprint density at radius 2 is 1.65 bits per heavy atom. The molecule has 5 nitrogen and oxygen atoms in total. The minimum absolute atomic E-state index is 0.171. The molecule has 1 aliphatic heterocycles. The highest BCUT2D eigenvalue weighted by atomic mass is 35.5. The van der Waals surface area contributed by atoms with Crippen molar-refractivity contribution in [2.24, 2.45) is 5.10 Å². The number of ether oxygens (including phenoxy) is 2. The lowest BCUT2D eigenvalue weighted by Crippen LogP contribution is -2.29. The van der Waals surface area contributed by atoms with E-state index in [9.17, 15) is 4.79 Å². The van der Waals surface area contributed by atoms with E-state index in [4.69, 9.17) is 21.1 Å². The fraction of sp³-hybridized carbons (Fsp3) is 0.143. The maximum atomic E-state index is 13.1. The number of hydrazone groups is 1. The fourth-order valence-corrected chi connectivity index (χ4v) is 4.26. The van der Waals surface area contributed by atoms with Crippen LogP contribution in [-0.2, 0) is 20.9 Å². The van der Waals surface area contributed by atoms with Gasteiger partial charge in [-0.05, 0) is 36.6 Å². The van der Waals surface area contributed by atoms with Crippen LogP contribution in [0.5, 0.6) is 0 Å². The van der Waals surface area contributed by atoms with Crippen LogP contribution in [-0.4, -0.2) is 24.3 Å². The van der Waals surface area contributed by atoms with E-state index in [0.29, 0.717) is 22.0 Å². The highest BCUT2D eigenvalue weighted by Crippen LogP contribution is 2.47. The van der Waals surface area contributed by atoms with Crippen molar-refractivity contribution in [1.29, 1.82) is 0 Å². The van der Waals surface area contributed by atoms with Crippen LogP contribution in [0.4, 0.5) is 0 Å². The lowest BCUT2D eigenvalue weighted by Gasteiger charge is -2.33. The molecule has 1 heterocycles. The number of hydrogen-bond donors (Lipinski definition) is 0. The quantitative estimate of drug-likeness (QED) is 0.294. The topological polar surface area (TPSA) is 51.1 Å². The number of esters is 1. The second-order valence-electron chi connectivity index (χ2n) is 7.51. The summed E-state index contributed by atoms with van der Waals surface area (Å²) in [4.78, 5) is 13.1. The molecule has 0 saturated heterocycles. The van der Waals surface area contributed by atoms with Gasteiger partial charge in [0.1, 0.15) is 6.61 Å². The predicted molar refractivity (Wildman–Crippen MR) is 137 cm³/mol. The summed E-state index contributed by atoms with van der Waals surface area (Å²) in [5.41, 5.74) is 5.27. The van der Waals surface area contributed by atoms with E-state index < -0.39 is 5.97 Å². The Morgan fingerprint density at radius 3 is 2.26 bits per heavy atom. The molecule has 0 fully saturated rings. The van der Waals surface area contributed by atoms with Crippen molar-refractivity contribution in [2.75, 3.05) is 7.11 Å². The molecule has 1 aliphatic rings. The van der Waals surface area contributed by atoms with Crippen LogP contribution in [0.1, 0.15) is 30.5 Å². The first-order valence-corrected chi connectivity index (χ1v) is 11.3. The van der Waals surface area contributed by atoms with E-state index in [2.05, 4.69) is 5.10 Å². The van der Waals surface area contributed by atoms with Gasteiger partial charge in [-0.25, -0.2) is 9.80 Å². The maximum absolute atomic E-state index is 13.1. The number of carbonyl (C=O) groups is 1. The second kappa shape index (κ2) is 10.4. The molecule has 0 spiro atoms. The Labute approximate surface area is 204 Å². The van der Waals surface area contributed by atoms with Crippen LogP contribution < -0.4 is 0 Å². The maximum Gasteiger partial charge on any atom is 0.360 e. The van der Waals surface area contributed by atoms with Crippen LogP contribution in [0.3, 0.4) is 0 Å². The molecule has 0 saturated carbocycles. The standard InChI is InChI=1S/C28H25ClN2O3/c1-4-23-24-21(20-14-10-7-11-15-20)16-17-22(29)25(24)27(34-18-19-12-8-6-9-13-19)26(28(32)33-3)31(23)30-5-2/h4-17H,18H2,1-3H3/b23-4+,30-5-. The second-order valence-corrected chi connectivity index (χ2v) is 7.92. The minimum atomic E-state index is -0.570. The lowest BCUT2D eigenvalue weighted by molar-refractivity contribution is -0.137. The zero-order valence-corrected chi connectivity index (χ0v) is 20.0. The van der Waals surface area contributed by atoms with Gasteiger partial charge >= 0.3 is 5.97 Å². The third-order valence-corrected chi connectivity index (χ3v) is 5.80. The number of hydrogen-bond acceptors (Lipinski definition) is 5. The van der Waals surface area contributed by atoms with Crippen molar-refractivity contribution < 1.29 is 14.3 Å². The highest BCUT2D eigenvalue weighted by Gasteiger charge is 2.38. The van der Waals surface area contributed by atoms with E-state index in [1.807, 2.05) is 85.8 Å². The van der Waals surface area contributed by atoms with Crippen molar-refractivity contribution in [3.8, 4) is 11.1 Å². The van der Waals surface area contributed by atoms with Crippen LogP contribution >= 0.6 is 11.6 Å². The van der Waals surface area contributed by atoms with Gasteiger partial charge in [-0.15, -0.1) is 0 Å². The van der Waals surface area contributed by atoms with Crippen LogP contribution in [0.25, 0.3) is 22.6 Å². The molecule has 34 heavy (non-hydrogen) atoms. The number of halogens is 1. The van der Waals surface area contributed by atoms with Gasteiger partial charge in [0, 0.05) is 17.3 Å². The van der Waals surface area contributed by atoms with Crippen molar-refractivity contribution in [1.82, 2.24) is 5.01 Å². The largest absolute Gasteiger partial charge is 0.486 e. The average molecular weight is 473 g/mol. The van der Waals surface area contributed by atoms with Gasteiger partial charge in [0.2, 0.25) is 0 Å². The van der Waals surface area contributed by atoms with Gasteiger partial charge in [-0.1, -0.05) is 84.4 Å². The normalized spacial score (nSPS) is 14.5. The lowest BCUT2D eigenvalue weighted by atomic mass is 9.89. The van der Waals surface area contributed by atoms with E-state index in [-0.39, 0.29) is 12.3 Å². The first-order chi connectivity index (χ1) is 16.6. The summed E-state index contributed by atoms with van der Waals surface area (Å²) in [7, 11) is 1.34. The van der Waals surface area contributed by atoms with Gasteiger partial charge < -0.3 is 9.47 Å². The number of allylic oxidation sites excluding steroid dienone is 1. The third-order valence-electron chi connectivity index (χ3n) is 5.49. The Morgan fingerprint density at radius 1 is 0.971 bits per heavy atom. The molecule has 3 aromatic carbocycles. The van der Waals surface area contributed by atoms with E-state index in [0.717, 1.165) is 22.3 Å². The summed E-state index contributed by atoms with van der Waals surface area (Å²) in [6.45, 7) is 3.94. The fourth-order valence-electron chi connectivity index (χ4n) is 4.01. The van der Waals surface area contributed by atoms with Gasteiger partial charge in [0.15, 0.2) is 11.5 Å². The Kier molecular flexibility index (Phi) is 7.14. The zero-order chi connectivity index (χ0) is 24.1. The summed E-state index contributed by atoms with van der Waals surface area (Å²) >= 11 is 6.79. The highest BCUT2D eigenvalue weighted by molar-refractivity contribution is 6.33. The summed E-state index contributed by atoms with van der Waals surface area (Å²) in [6.07, 6.45) is 3.53. The number of benzene rings is 3. The van der Waals surface area contributed by atoms with Crippen molar-refractivity contribution in [2.45, 2.75) is 20.5 Å². The Hall–Kier alpha value is -3.83. The summed E-state index contributed by atoms with van der Waals surface area (Å²) in [5.74, 6) is -0.246. The van der Waals surface area contributed by atoms with Gasteiger partial charge in [-0.3, -0.25) is 0 Å². The molecule has 3 aromatic rings. The van der Waals surface area contributed by atoms with Gasteiger partial charge in [0.25, 0.3) is 0 Å². The van der Waals surface area contributed by atoms with E-state index in [1.54, 1.807) is 18.1 Å². The molecule has 0 aromatic heterocycles.